The van der Waals surface area contributed by atoms with E-state index in [-0.39, 0.29) is 11.8 Å². The molecule has 0 unspecified atom stereocenters. The Morgan fingerprint density at radius 1 is 1.25 bits per heavy atom. The summed E-state index contributed by atoms with van der Waals surface area (Å²) in [7, 11) is 1.68. The number of pyridine rings is 2. The Morgan fingerprint density at radius 2 is 2.03 bits per heavy atom. The summed E-state index contributed by atoms with van der Waals surface area (Å²) in [6, 6.07) is 8.13. The first-order chi connectivity index (χ1) is 15.6. The summed E-state index contributed by atoms with van der Waals surface area (Å²) in [6.07, 6.45) is 7.92. The summed E-state index contributed by atoms with van der Waals surface area (Å²) in [4.78, 5) is 23.1. The van der Waals surface area contributed by atoms with Gasteiger partial charge >= 0.3 is 0 Å². The van der Waals surface area contributed by atoms with Crippen LogP contribution in [0.25, 0.3) is 0 Å². The van der Waals surface area contributed by atoms with Gasteiger partial charge in [0.25, 0.3) is 0 Å². The quantitative estimate of drug-likeness (QED) is 0.719. The number of carbonyl (C=O) groups is 1. The molecule has 1 saturated carbocycles. The molecule has 0 atom stereocenters. The lowest BCUT2D eigenvalue weighted by Gasteiger charge is -2.37. The van der Waals surface area contributed by atoms with Crippen LogP contribution >= 0.6 is 0 Å². The maximum atomic E-state index is 11.6. The maximum absolute atomic E-state index is 11.6. The van der Waals surface area contributed by atoms with Gasteiger partial charge in [-0.2, -0.15) is 5.26 Å². The van der Waals surface area contributed by atoms with Crippen LogP contribution in [0.5, 0.6) is 5.75 Å². The molecule has 2 fully saturated rings. The van der Waals surface area contributed by atoms with E-state index in [0.717, 1.165) is 66.4 Å². The summed E-state index contributed by atoms with van der Waals surface area (Å²) in [5.41, 5.74) is 4.35. The molecule has 0 aromatic carbocycles. The van der Waals surface area contributed by atoms with E-state index in [1.54, 1.807) is 7.05 Å². The number of nitrogens with one attached hydrogen (secondary N) is 1. The second-order valence-corrected chi connectivity index (χ2v) is 8.89. The summed E-state index contributed by atoms with van der Waals surface area (Å²) in [6.45, 7) is 4.50. The number of carbonyl (C=O) groups excluding carboxylic acids is 1. The zero-order valence-corrected chi connectivity index (χ0v) is 18.9. The van der Waals surface area contributed by atoms with Gasteiger partial charge in [-0.25, -0.2) is 0 Å². The van der Waals surface area contributed by atoms with Crippen LogP contribution in [0.15, 0.2) is 24.4 Å². The molecule has 7 nitrogen and oxygen atoms in total. The lowest BCUT2D eigenvalue weighted by Crippen LogP contribution is -2.52. The first-order valence-electron chi connectivity index (χ1n) is 11.5. The Bertz CT molecular complexity index is 1000. The molecular weight excluding hydrogens is 402 g/mol. The van der Waals surface area contributed by atoms with Gasteiger partial charge in [0.2, 0.25) is 5.91 Å². The highest BCUT2D eigenvalue weighted by Gasteiger charge is 2.32. The van der Waals surface area contributed by atoms with Gasteiger partial charge in [-0.15, -0.1) is 0 Å². The van der Waals surface area contributed by atoms with Crippen molar-refractivity contribution < 1.29 is 9.53 Å². The molecule has 1 saturated heterocycles. The highest BCUT2D eigenvalue weighted by atomic mass is 16.5. The van der Waals surface area contributed by atoms with Crippen LogP contribution in [0.1, 0.15) is 66.2 Å². The van der Waals surface area contributed by atoms with E-state index in [1.165, 1.54) is 19.3 Å². The van der Waals surface area contributed by atoms with Gasteiger partial charge in [-0.05, 0) is 49.4 Å². The number of ether oxygens (including phenoxy) is 1. The van der Waals surface area contributed by atoms with Gasteiger partial charge in [0.1, 0.15) is 12.4 Å². The standard InChI is InChI=1S/C25H31N5O2/c1-17-24(9-8-21(29-17)15-30-13-20(14-30)25(31)27-2)32-16-22-10-19(11-26)23(12-28-22)18-6-4-3-5-7-18/h8-10,12,18,20H,3-7,13-16H2,1-2H3,(H,27,31). The van der Waals surface area contributed by atoms with Crippen LogP contribution in [0.4, 0.5) is 0 Å². The van der Waals surface area contributed by atoms with Crippen molar-refractivity contribution in [1.29, 1.82) is 5.26 Å². The molecule has 3 heterocycles. The van der Waals surface area contributed by atoms with Crippen molar-refractivity contribution in [2.45, 2.75) is 58.1 Å². The van der Waals surface area contributed by atoms with Gasteiger partial charge in [-0.3, -0.25) is 19.7 Å². The molecule has 1 N–H and O–H groups in total. The van der Waals surface area contributed by atoms with Gasteiger partial charge < -0.3 is 10.1 Å². The number of likely N-dealkylation sites (tertiary alicyclic amines) is 1. The predicted octanol–water partition coefficient (Wildman–Crippen LogP) is 3.46. The predicted molar refractivity (Wildman–Crippen MR) is 121 cm³/mol. The van der Waals surface area contributed by atoms with E-state index in [0.29, 0.717) is 12.5 Å². The molecular formula is C25H31N5O2. The fraction of sp³-hybridized carbons (Fsp3) is 0.520. The normalized spacial score (nSPS) is 17.4. The second-order valence-electron chi connectivity index (χ2n) is 8.89. The van der Waals surface area contributed by atoms with Crippen LogP contribution in [0.3, 0.4) is 0 Å². The van der Waals surface area contributed by atoms with Gasteiger partial charge in [-0.1, -0.05) is 19.3 Å². The molecule has 2 aromatic heterocycles. The molecule has 1 amide bonds. The number of aryl methyl sites for hydroxylation is 1. The molecule has 7 heteroatoms. The molecule has 0 bridgehead atoms. The third kappa shape index (κ3) is 5.08. The Morgan fingerprint density at radius 3 is 2.72 bits per heavy atom. The van der Waals surface area contributed by atoms with Crippen molar-refractivity contribution in [3.8, 4) is 11.8 Å². The molecule has 1 aliphatic heterocycles. The Labute approximate surface area is 189 Å². The van der Waals surface area contributed by atoms with E-state index in [1.807, 2.05) is 31.3 Å². The zero-order chi connectivity index (χ0) is 22.5. The number of nitrogens with zero attached hydrogens (tertiary/aromatic N) is 4. The third-order valence-corrected chi connectivity index (χ3v) is 6.59. The first-order valence-corrected chi connectivity index (χ1v) is 11.5. The van der Waals surface area contributed by atoms with Crippen molar-refractivity contribution in [2.75, 3.05) is 20.1 Å². The topological polar surface area (TPSA) is 91.1 Å². The van der Waals surface area contributed by atoms with E-state index < -0.39 is 0 Å². The highest BCUT2D eigenvalue weighted by Crippen LogP contribution is 2.34. The molecule has 1 aliphatic carbocycles. The number of rotatable bonds is 7. The van der Waals surface area contributed by atoms with Gasteiger partial charge in [0, 0.05) is 32.9 Å². The lowest BCUT2D eigenvalue weighted by molar-refractivity contribution is -0.129. The molecule has 2 aromatic rings. The van der Waals surface area contributed by atoms with Crippen molar-refractivity contribution in [2.24, 2.45) is 5.92 Å². The Hall–Kier alpha value is -2.98. The average molecular weight is 434 g/mol. The minimum Gasteiger partial charge on any atom is -0.485 e. The minimum atomic E-state index is 0.0824. The van der Waals surface area contributed by atoms with E-state index in [9.17, 15) is 10.1 Å². The molecule has 2 aliphatic rings. The van der Waals surface area contributed by atoms with E-state index in [2.05, 4.69) is 26.3 Å². The SMILES string of the molecule is CNC(=O)C1CN(Cc2ccc(OCc3cc(C#N)c(C4CCCCC4)cn3)c(C)n2)C1. The maximum Gasteiger partial charge on any atom is 0.225 e. The summed E-state index contributed by atoms with van der Waals surface area (Å²) < 4.78 is 5.97. The molecule has 0 spiro atoms. The lowest BCUT2D eigenvalue weighted by atomic mass is 9.83. The van der Waals surface area contributed by atoms with Gasteiger partial charge in [0.15, 0.2) is 0 Å². The molecule has 4 rings (SSSR count). The number of aromatic nitrogens is 2. The smallest absolute Gasteiger partial charge is 0.225 e. The van der Waals surface area contributed by atoms with E-state index in [4.69, 9.17) is 4.74 Å². The van der Waals surface area contributed by atoms with Crippen molar-refractivity contribution in [3.05, 3.63) is 52.6 Å². The zero-order valence-electron chi connectivity index (χ0n) is 18.9. The van der Waals surface area contributed by atoms with Crippen LogP contribution in [-0.2, 0) is 17.9 Å². The van der Waals surface area contributed by atoms with Crippen molar-refractivity contribution in [3.63, 3.8) is 0 Å². The minimum absolute atomic E-state index is 0.0824. The van der Waals surface area contributed by atoms with Crippen molar-refractivity contribution in [1.82, 2.24) is 20.2 Å². The fourth-order valence-electron chi connectivity index (χ4n) is 4.71. The van der Waals surface area contributed by atoms with Crippen LogP contribution in [0.2, 0.25) is 0 Å². The number of hydrogen-bond acceptors (Lipinski definition) is 6. The van der Waals surface area contributed by atoms with E-state index >= 15 is 0 Å². The molecule has 0 radical (unpaired) electrons. The average Bonchev–Trinajstić information content (AvgIpc) is 2.80. The monoisotopic (exact) mass is 433 g/mol. The van der Waals surface area contributed by atoms with Gasteiger partial charge in [0.05, 0.1) is 34.6 Å². The molecule has 168 valence electrons. The number of hydrogen-bond donors (Lipinski definition) is 1. The summed E-state index contributed by atoms with van der Waals surface area (Å²) >= 11 is 0. The summed E-state index contributed by atoms with van der Waals surface area (Å²) in [5.74, 6) is 1.36. The molecule has 32 heavy (non-hydrogen) atoms. The second kappa shape index (κ2) is 10.1. The number of nitriles is 1. The highest BCUT2D eigenvalue weighted by molar-refractivity contribution is 5.79. The van der Waals surface area contributed by atoms with Crippen LogP contribution < -0.4 is 10.1 Å². The summed E-state index contributed by atoms with van der Waals surface area (Å²) in [5, 5.41) is 12.3. The van der Waals surface area contributed by atoms with Crippen LogP contribution in [0, 0.1) is 24.2 Å². The first kappa shape index (κ1) is 22.2. The fourth-order valence-corrected chi connectivity index (χ4v) is 4.71. The Kier molecular flexibility index (Phi) is 7.01. The van der Waals surface area contributed by atoms with Crippen LogP contribution in [-0.4, -0.2) is 40.9 Å². The Balaban J connectivity index is 1.34. The van der Waals surface area contributed by atoms with Crippen molar-refractivity contribution >= 4 is 5.91 Å². The number of amides is 1. The third-order valence-electron chi connectivity index (χ3n) is 6.59. The largest absolute Gasteiger partial charge is 0.485 e.